The number of carboxylic acid groups (broad SMARTS) is 1. The van der Waals surface area contributed by atoms with Crippen molar-refractivity contribution < 1.29 is 34.7 Å². The molecule has 0 saturated carbocycles. The molecule has 1 aliphatic rings. The number of methoxy groups -OCH3 is 1. The van der Waals surface area contributed by atoms with E-state index >= 15 is 0 Å². The Morgan fingerprint density at radius 3 is 2.36 bits per heavy atom. The third-order valence-electron chi connectivity index (χ3n) is 2.05. The van der Waals surface area contributed by atoms with Gasteiger partial charge in [-0.1, -0.05) is 0 Å². The summed E-state index contributed by atoms with van der Waals surface area (Å²) in [4.78, 5) is 10.4. The van der Waals surface area contributed by atoms with Gasteiger partial charge in [-0.3, -0.25) is 0 Å². The molecule has 1 saturated heterocycles. The molecule has 1 aliphatic heterocycles. The molecule has 0 aromatic rings. The third-order valence-corrected chi connectivity index (χ3v) is 2.05. The summed E-state index contributed by atoms with van der Waals surface area (Å²) in [6.45, 7) is 0. The topological polar surface area (TPSA) is 116 Å². The summed E-state index contributed by atoms with van der Waals surface area (Å²) in [5.74, 6) is -1.53. The van der Waals surface area contributed by atoms with Crippen molar-refractivity contribution in [2.45, 2.75) is 30.7 Å². The van der Waals surface area contributed by atoms with Crippen LogP contribution in [0.2, 0.25) is 0 Å². The molecule has 4 N–H and O–H groups in total. The van der Waals surface area contributed by atoms with Crippen LogP contribution >= 0.6 is 0 Å². The zero-order chi connectivity index (χ0) is 10.9. The molecule has 1 unspecified atom stereocenters. The van der Waals surface area contributed by atoms with Gasteiger partial charge in [0, 0.05) is 7.11 Å². The van der Waals surface area contributed by atoms with Crippen LogP contribution in [0.15, 0.2) is 0 Å². The first-order valence-corrected chi connectivity index (χ1v) is 3.94. The Kier molecular flexibility index (Phi) is 3.40. The first-order chi connectivity index (χ1) is 6.49. The van der Waals surface area contributed by atoms with Crippen LogP contribution in [0.5, 0.6) is 0 Å². The molecule has 0 amide bonds. The molecule has 0 aliphatic carbocycles. The van der Waals surface area contributed by atoms with Crippen molar-refractivity contribution in [3.8, 4) is 0 Å². The highest BCUT2D eigenvalue weighted by Crippen LogP contribution is 2.24. The summed E-state index contributed by atoms with van der Waals surface area (Å²) in [5.41, 5.74) is 0. The molecular weight excluding hydrogens is 196 g/mol. The lowest BCUT2D eigenvalue weighted by molar-refractivity contribution is -0.177. The zero-order valence-corrected chi connectivity index (χ0v) is 7.40. The van der Waals surface area contributed by atoms with Gasteiger partial charge in [0.05, 0.1) is 0 Å². The molecule has 7 nitrogen and oxygen atoms in total. The monoisotopic (exact) mass is 208 g/mol. The van der Waals surface area contributed by atoms with Crippen molar-refractivity contribution >= 4 is 5.97 Å². The van der Waals surface area contributed by atoms with Crippen molar-refractivity contribution in [1.29, 1.82) is 0 Å². The highest BCUT2D eigenvalue weighted by atomic mass is 16.7. The molecule has 1 rings (SSSR count). The summed E-state index contributed by atoms with van der Waals surface area (Å²) < 4.78 is 9.42. The van der Waals surface area contributed by atoms with Crippen LogP contribution in [0.4, 0.5) is 0 Å². The highest BCUT2D eigenvalue weighted by molar-refractivity contribution is 5.72. The lowest BCUT2D eigenvalue weighted by atomic mass is 10.1. The second-order valence-electron chi connectivity index (χ2n) is 2.97. The minimum Gasteiger partial charge on any atom is -0.479 e. The normalized spacial score (nSPS) is 39.7. The van der Waals surface area contributed by atoms with E-state index in [9.17, 15) is 15.0 Å². The summed E-state index contributed by atoms with van der Waals surface area (Å²) in [5, 5.41) is 36.1. The molecule has 0 aromatic heterocycles. The SMILES string of the molecule is COC1O[C@H]([C@H](O)C(=O)O)[C@H](O)[C@@H]1O. The van der Waals surface area contributed by atoms with Gasteiger partial charge in [-0.2, -0.15) is 0 Å². The molecule has 0 radical (unpaired) electrons. The minimum atomic E-state index is -1.89. The van der Waals surface area contributed by atoms with Gasteiger partial charge in [0.15, 0.2) is 12.4 Å². The van der Waals surface area contributed by atoms with E-state index in [0.29, 0.717) is 0 Å². The maximum Gasteiger partial charge on any atom is 0.335 e. The zero-order valence-electron chi connectivity index (χ0n) is 7.40. The highest BCUT2D eigenvalue weighted by Gasteiger charge is 2.48. The van der Waals surface area contributed by atoms with Crippen LogP contribution < -0.4 is 0 Å². The third kappa shape index (κ3) is 1.86. The standard InChI is InChI=1S/C7H12O7/c1-13-7-3(9)2(8)5(14-7)4(10)6(11)12/h2-5,7-10H,1H3,(H,11,12)/t2-,3+,4+,5+,7?/m1/s1. The quantitative estimate of drug-likeness (QED) is 0.406. The van der Waals surface area contributed by atoms with Gasteiger partial charge in [-0.25, -0.2) is 4.79 Å². The Bertz CT molecular complexity index is 218. The van der Waals surface area contributed by atoms with Crippen molar-refractivity contribution in [3.05, 3.63) is 0 Å². The van der Waals surface area contributed by atoms with Crippen molar-refractivity contribution in [1.82, 2.24) is 0 Å². The largest absolute Gasteiger partial charge is 0.479 e. The molecule has 14 heavy (non-hydrogen) atoms. The van der Waals surface area contributed by atoms with Crippen molar-refractivity contribution in [2.75, 3.05) is 7.11 Å². The van der Waals surface area contributed by atoms with E-state index in [1.54, 1.807) is 0 Å². The van der Waals surface area contributed by atoms with Gasteiger partial charge in [-0.05, 0) is 0 Å². The molecule has 0 aromatic carbocycles. The molecule has 0 bridgehead atoms. The summed E-state index contributed by atoms with van der Waals surface area (Å²) >= 11 is 0. The summed E-state index contributed by atoms with van der Waals surface area (Å²) in [6.07, 6.45) is -7.23. The molecule has 1 fully saturated rings. The number of aliphatic carboxylic acids is 1. The Morgan fingerprint density at radius 2 is 2.00 bits per heavy atom. The Labute approximate surface area is 79.5 Å². The van der Waals surface area contributed by atoms with Gasteiger partial charge >= 0.3 is 5.97 Å². The van der Waals surface area contributed by atoms with Gasteiger partial charge in [0.1, 0.15) is 18.3 Å². The average Bonchev–Trinajstić information content (AvgIpc) is 2.43. The van der Waals surface area contributed by atoms with Gasteiger partial charge in [0.2, 0.25) is 0 Å². The van der Waals surface area contributed by atoms with Crippen molar-refractivity contribution in [2.24, 2.45) is 0 Å². The molecular formula is C7H12O7. The molecule has 7 heteroatoms. The molecule has 5 atom stereocenters. The van der Waals surface area contributed by atoms with Crippen LogP contribution in [0.3, 0.4) is 0 Å². The fraction of sp³-hybridized carbons (Fsp3) is 0.857. The van der Waals surface area contributed by atoms with E-state index in [-0.39, 0.29) is 0 Å². The van der Waals surface area contributed by atoms with E-state index in [4.69, 9.17) is 14.9 Å². The maximum absolute atomic E-state index is 10.4. The van der Waals surface area contributed by atoms with E-state index in [1.807, 2.05) is 0 Å². The van der Waals surface area contributed by atoms with E-state index in [1.165, 1.54) is 7.11 Å². The van der Waals surface area contributed by atoms with Crippen LogP contribution in [0, 0.1) is 0 Å². The predicted octanol–water partition coefficient (Wildman–Crippen LogP) is -2.47. The van der Waals surface area contributed by atoms with E-state index in [2.05, 4.69) is 4.74 Å². The first kappa shape index (κ1) is 11.3. The number of carboxylic acids is 1. The molecule has 1 heterocycles. The fourth-order valence-corrected chi connectivity index (χ4v) is 1.27. The number of aliphatic hydroxyl groups is 3. The van der Waals surface area contributed by atoms with Gasteiger partial charge < -0.3 is 29.9 Å². The number of hydrogen-bond acceptors (Lipinski definition) is 6. The maximum atomic E-state index is 10.4. The second-order valence-corrected chi connectivity index (χ2v) is 2.97. The van der Waals surface area contributed by atoms with Gasteiger partial charge in [-0.15, -0.1) is 0 Å². The number of hydrogen-bond donors (Lipinski definition) is 4. The molecule has 82 valence electrons. The molecule has 0 spiro atoms. The minimum absolute atomic E-state index is 1.12. The lowest BCUT2D eigenvalue weighted by Crippen LogP contribution is -2.42. The van der Waals surface area contributed by atoms with Crippen LogP contribution in [-0.2, 0) is 14.3 Å². The number of ether oxygens (including phenoxy) is 2. The number of aliphatic hydroxyl groups excluding tert-OH is 3. The number of rotatable bonds is 3. The van der Waals surface area contributed by atoms with Crippen LogP contribution in [-0.4, -0.2) is 64.2 Å². The van der Waals surface area contributed by atoms with Crippen LogP contribution in [0.25, 0.3) is 0 Å². The lowest BCUT2D eigenvalue weighted by Gasteiger charge is -2.16. The summed E-state index contributed by atoms with van der Waals surface area (Å²) in [6, 6.07) is 0. The Morgan fingerprint density at radius 1 is 1.43 bits per heavy atom. The van der Waals surface area contributed by atoms with Crippen LogP contribution in [0.1, 0.15) is 0 Å². The summed E-state index contributed by atoms with van der Waals surface area (Å²) in [7, 11) is 1.23. The van der Waals surface area contributed by atoms with Crippen molar-refractivity contribution in [3.63, 3.8) is 0 Å². The fourth-order valence-electron chi connectivity index (χ4n) is 1.27. The van der Waals surface area contributed by atoms with E-state index < -0.39 is 36.7 Å². The Balaban J connectivity index is 2.69. The Hall–Kier alpha value is -0.730. The van der Waals surface area contributed by atoms with Gasteiger partial charge in [0.25, 0.3) is 0 Å². The predicted molar refractivity (Wildman–Crippen MR) is 41.3 cm³/mol. The second kappa shape index (κ2) is 4.20. The van der Waals surface area contributed by atoms with E-state index in [0.717, 1.165) is 0 Å². The smallest absolute Gasteiger partial charge is 0.335 e. The first-order valence-electron chi connectivity index (χ1n) is 3.94. The average molecular weight is 208 g/mol. The number of carbonyl (C=O) groups is 1.